The number of phenolic OH excluding ortho intramolecular Hbond substituents is 4. The number of nitrogens with one attached hydrogen (secondary N) is 2. The van der Waals surface area contributed by atoms with Gasteiger partial charge in [0.15, 0.2) is 41.5 Å². The first kappa shape index (κ1) is 67.5. The van der Waals surface area contributed by atoms with Crippen LogP contribution in [0.1, 0.15) is 152 Å². The van der Waals surface area contributed by atoms with Crippen LogP contribution in [0.3, 0.4) is 0 Å². The molecule has 25 nitrogen and oxygen atoms in total. The van der Waals surface area contributed by atoms with E-state index >= 15 is 0 Å². The summed E-state index contributed by atoms with van der Waals surface area (Å²) >= 11 is 0. The number of aliphatic hydroxyl groups excluding tert-OH is 2. The van der Waals surface area contributed by atoms with Crippen molar-refractivity contribution in [1.29, 1.82) is 0 Å². The lowest BCUT2D eigenvalue weighted by Crippen LogP contribution is -2.57. The highest BCUT2D eigenvalue weighted by atomic mass is 19.4. The molecule has 7 unspecified atom stereocenters. The number of halogens is 6. The molecular formula is C59H58F6N2O23. The fourth-order valence-electron chi connectivity index (χ4n) is 11.9. The average molecular weight is 1280 g/mol. The van der Waals surface area contributed by atoms with E-state index in [-0.39, 0.29) is 56.0 Å². The van der Waals surface area contributed by atoms with Gasteiger partial charge >= 0.3 is 24.2 Å². The van der Waals surface area contributed by atoms with Crippen LogP contribution in [0, 0.1) is 0 Å². The molecule has 2 saturated heterocycles. The second-order valence-corrected chi connectivity index (χ2v) is 21.9. The first-order valence-electron chi connectivity index (χ1n) is 27.2. The van der Waals surface area contributed by atoms with E-state index in [0.29, 0.717) is 0 Å². The SMILES string of the molecule is CO.COc1cccc2c1C(=O)c1c(O)c3c(c(O)c1C2=O)C[C@@](O)(C(C)=O)C[C@@H]3OC1CC(NC(=O)C(F)(F)F)C(=O)C(C)O1.COc1cccc2c1C(=O)c1c(O)c3c(c(O)c1C2=O)C[C@@](O)(C(C)=O)C[C@@H]3OC1CC(NC(=O)C(F)(F)F)C(O)C(C)O1. The summed E-state index contributed by atoms with van der Waals surface area (Å²) in [5.41, 5.74) is -8.40. The number of carbonyl (C=O) groups is 9. The van der Waals surface area contributed by atoms with Crippen LogP contribution in [0.5, 0.6) is 34.5 Å². The van der Waals surface area contributed by atoms with Crippen molar-refractivity contribution >= 4 is 52.3 Å². The highest BCUT2D eigenvalue weighted by Gasteiger charge is 2.53. The minimum Gasteiger partial charge on any atom is -0.507 e. The van der Waals surface area contributed by atoms with Crippen molar-refractivity contribution in [2.75, 3.05) is 21.3 Å². The van der Waals surface area contributed by atoms with Crippen molar-refractivity contribution in [3.63, 3.8) is 0 Å². The Morgan fingerprint density at radius 2 is 0.967 bits per heavy atom. The van der Waals surface area contributed by atoms with E-state index in [1.807, 2.05) is 0 Å². The van der Waals surface area contributed by atoms with Gasteiger partial charge in [0, 0.05) is 79.0 Å². The van der Waals surface area contributed by atoms with E-state index < -0.39 is 215 Å². The third-order valence-corrected chi connectivity index (χ3v) is 16.5. The molecule has 31 heteroatoms. The van der Waals surface area contributed by atoms with Gasteiger partial charge in [-0.15, -0.1) is 0 Å². The van der Waals surface area contributed by atoms with Crippen molar-refractivity contribution < 1.29 is 139 Å². The third-order valence-electron chi connectivity index (χ3n) is 16.5. The number of fused-ring (bicyclic) bond motifs is 6. The van der Waals surface area contributed by atoms with E-state index in [4.69, 9.17) is 33.5 Å². The molecule has 2 aliphatic heterocycles. The third kappa shape index (κ3) is 11.9. The summed E-state index contributed by atoms with van der Waals surface area (Å²) in [7, 11) is 3.53. The van der Waals surface area contributed by atoms with E-state index in [1.54, 1.807) is 10.6 Å². The molecule has 4 aliphatic carbocycles. The molecule has 4 aromatic rings. The van der Waals surface area contributed by atoms with Crippen LogP contribution in [0.25, 0.3) is 0 Å². The lowest BCUT2D eigenvalue weighted by atomic mass is 9.72. The van der Waals surface area contributed by atoms with Gasteiger partial charge in [-0.2, -0.15) is 26.3 Å². The second kappa shape index (κ2) is 24.7. The minimum atomic E-state index is -5.29. The van der Waals surface area contributed by atoms with Crippen LogP contribution in [-0.4, -0.2) is 181 Å². The Kier molecular flexibility index (Phi) is 18.6. The van der Waals surface area contributed by atoms with Crippen LogP contribution in [0.2, 0.25) is 0 Å². The van der Waals surface area contributed by atoms with Gasteiger partial charge in [-0.25, -0.2) is 0 Å². The Balaban J connectivity index is 0.000000226. The number of carbonyl (C=O) groups excluding carboxylic acids is 9. The number of alkyl halides is 6. The number of hydrogen-bond acceptors (Lipinski definition) is 23. The molecule has 10 N–H and O–H groups in total. The van der Waals surface area contributed by atoms with E-state index in [0.717, 1.165) is 21.0 Å². The molecule has 2 amide bonds. The Morgan fingerprint density at radius 3 is 1.36 bits per heavy atom. The van der Waals surface area contributed by atoms with Crippen molar-refractivity contribution in [2.24, 2.45) is 0 Å². The molecule has 0 aromatic heterocycles. The fraction of sp³-hybridized carbons (Fsp3) is 0.441. The van der Waals surface area contributed by atoms with Gasteiger partial charge in [0.25, 0.3) is 0 Å². The summed E-state index contributed by atoms with van der Waals surface area (Å²) in [6.45, 7) is 4.63. The number of rotatable bonds is 10. The summed E-state index contributed by atoms with van der Waals surface area (Å²) in [5, 5.41) is 88.9. The molecule has 90 heavy (non-hydrogen) atoms. The van der Waals surface area contributed by atoms with Gasteiger partial charge in [-0.3, -0.25) is 43.2 Å². The molecule has 0 radical (unpaired) electrons. The van der Waals surface area contributed by atoms with Crippen LogP contribution in [-0.2, 0) is 55.8 Å². The molecule has 6 aliphatic rings. The predicted octanol–water partition coefficient (Wildman–Crippen LogP) is 3.31. The summed E-state index contributed by atoms with van der Waals surface area (Å²) in [4.78, 5) is 115. The number of methoxy groups -OCH3 is 2. The number of Topliss-reactive ketones (excluding diaryl/α,β-unsaturated/α-hetero) is 3. The van der Waals surface area contributed by atoms with Crippen LogP contribution < -0.4 is 20.1 Å². The highest BCUT2D eigenvalue weighted by molar-refractivity contribution is 6.32. The van der Waals surface area contributed by atoms with Crippen LogP contribution in [0.15, 0.2) is 36.4 Å². The lowest BCUT2D eigenvalue weighted by molar-refractivity contribution is -0.250. The molecule has 11 atom stereocenters. The number of ketones is 7. The number of aliphatic hydroxyl groups is 4. The average Bonchev–Trinajstić information content (AvgIpc) is 0.724. The van der Waals surface area contributed by atoms with Crippen molar-refractivity contribution in [3.8, 4) is 34.5 Å². The molecule has 0 saturated carbocycles. The molecule has 2 fully saturated rings. The van der Waals surface area contributed by atoms with Gasteiger partial charge in [-0.1, -0.05) is 24.3 Å². The van der Waals surface area contributed by atoms with Gasteiger partial charge in [0.2, 0.25) is 11.6 Å². The van der Waals surface area contributed by atoms with Gasteiger partial charge < -0.3 is 79.9 Å². The first-order chi connectivity index (χ1) is 42.0. The molecule has 0 spiro atoms. The predicted molar refractivity (Wildman–Crippen MR) is 288 cm³/mol. The number of hydrogen-bond donors (Lipinski definition) is 10. The zero-order chi connectivity index (χ0) is 66.9. The van der Waals surface area contributed by atoms with Gasteiger partial charge in [0.05, 0.1) is 78.0 Å². The molecule has 4 aromatic carbocycles. The fourth-order valence-corrected chi connectivity index (χ4v) is 11.9. The quantitative estimate of drug-likeness (QED) is 0.0694. The number of benzene rings is 4. The monoisotopic (exact) mass is 1280 g/mol. The maximum Gasteiger partial charge on any atom is 0.471 e. The van der Waals surface area contributed by atoms with Crippen LogP contribution in [0.4, 0.5) is 26.3 Å². The maximum atomic E-state index is 13.7. The number of aromatic hydroxyl groups is 4. The van der Waals surface area contributed by atoms with Crippen molar-refractivity contribution in [3.05, 3.63) is 103 Å². The Labute approximate surface area is 504 Å². The molecule has 10 rings (SSSR count). The minimum absolute atomic E-state index is 0.0167. The summed E-state index contributed by atoms with van der Waals surface area (Å²) < 4.78 is 111. The van der Waals surface area contributed by atoms with E-state index in [2.05, 4.69) is 0 Å². The standard InChI is InChI=1S/C29H28F3NO11.C29H26F3NO11.CH4O/c2*1-10-22(35)14(33-27(40)29(30,31)32)7-17(43-10)44-16-9-28(41,11(2)34)8-13-19(16)26(39)21-20(24(13)37)23(36)12-5-4-6-15(42-3)18(12)25(21)38;1-2/h4-6,10,14,16-17,22,35,37,39,41H,7-9H2,1-3H3,(H,33,40);4-6,10,14,16-17,37,39,41H,7-9H2,1-3H3,(H,33,40);2H,1H3/t10?,14?,16-,17?,22?,28-;10?,14?,16-,17?,28-;/m00./s1. The Hall–Kier alpha value is -8.43. The smallest absolute Gasteiger partial charge is 0.471 e. The Bertz CT molecular complexity index is 3700. The summed E-state index contributed by atoms with van der Waals surface area (Å²) in [5.74, 6) is -13.7. The molecule has 0 bridgehead atoms. The molecular weight excluding hydrogens is 1220 g/mol. The van der Waals surface area contributed by atoms with E-state index in [9.17, 15) is 105 Å². The van der Waals surface area contributed by atoms with Gasteiger partial charge in [0.1, 0.15) is 57.9 Å². The Morgan fingerprint density at radius 1 is 0.578 bits per heavy atom. The highest BCUT2D eigenvalue weighted by Crippen LogP contribution is 2.55. The lowest BCUT2D eigenvalue weighted by Gasteiger charge is -2.42. The number of phenols is 4. The normalized spacial score (nSPS) is 26.7. The zero-order valence-corrected chi connectivity index (χ0v) is 48.4. The maximum absolute atomic E-state index is 13.7. The first-order valence-corrected chi connectivity index (χ1v) is 27.2. The van der Waals surface area contributed by atoms with Crippen molar-refractivity contribution in [2.45, 2.75) is 145 Å². The topological polar surface area (TPSA) is 395 Å². The number of ether oxygens (including phenoxy) is 6. The van der Waals surface area contributed by atoms with Gasteiger partial charge in [-0.05, 0) is 39.8 Å². The zero-order valence-electron chi connectivity index (χ0n) is 48.4. The summed E-state index contributed by atoms with van der Waals surface area (Å²) in [6.07, 6.45) is -24.2. The number of amides is 2. The largest absolute Gasteiger partial charge is 0.507 e. The van der Waals surface area contributed by atoms with Crippen LogP contribution >= 0.6 is 0 Å². The second-order valence-electron chi connectivity index (χ2n) is 21.9. The molecule has 2 heterocycles. The van der Waals surface area contributed by atoms with E-state index in [1.165, 1.54) is 64.5 Å². The van der Waals surface area contributed by atoms with Crippen molar-refractivity contribution in [1.82, 2.24) is 10.6 Å². The summed E-state index contributed by atoms with van der Waals surface area (Å²) in [6, 6.07) is 5.20. The molecule has 484 valence electrons.